The molecule has 0 aliphatic rings. The second kappa shape index (κ2) is 8.22. The molecule has 1 atom stereocenters. The highest BCUT2D eigenvalue weighted by Crippen LogP contribution is 2.42. The molecule has 0 fully saturated rings. The second-order valence-electron chi connectivity index (χ2n) is 6.67. The van der Waals surface area contributed by atoms with Crippen LogP contribution in [0.5, 0.6) is 0 Å². The lowest BCUT2D eigenvalue weighted by atomic mass is 10.1. The van der Waals surface area contributed by atoms with E-state index in [2.05, 4.69) is 15.3 Å². The van der Waals surface area contributed by atoms with Crippen LogP contribution in [0.4, 0.5) is 18.3 Å². The van der Waals surface area contributed by atoms with Gasteiger partial charge in [-0.1, -0.05) is 47.2 Å². The standard InChI is InChI=1S/C21H16ClF3N4S/c22-16-5-3-12(4-6-16)17(26)11-28-20-29-19(21(23,24)25)18(30-20)14-1-2-15-10-27-8-7-13(15)9-14/h1-10,17H,11,26H2,(H,28,29)/t17-/m1/s1. The van der Waals surface area contributed by atoms with Crippen molar-refractivity contribution in [3.8, 4) is 10.4 Å². The van der Waals surface area contributed by atoms with Crippen molar-refractivity contribution >= 4 is 38.8 Å². The van der Waals surface area contributed by atoms with Crippen molar-refractivity contribution in [2.75, 3.05) is 11.9 Å². The average molecular weight is 449 g/mol. The lowest BCUT2D eigenvalue weighted by Crippen LogP contribution is -2.20. The molecule has 0 saturated carbocycles. The number of thiazole rings is 1. The molecule has 4 rings (SSSR count). The number of rotatable bonds is 5. The molecule has 0 aliphatic carbocycles. The molecule has 2 aromatic carbocycles. The summed E-state index contributed by atoms with van der Waals surface area (Å²) in [5.41, 5.74) is 6.50. The summed E-state index contributed by atoms with van der Waals surface area (Å²) in [4.78, 5) is 7.90. The van der Waals surface area contributed by atoms with Crippen LogP contribution < -0.4 is 11.1 Å². The van der Waals surface area contributed by atoms with E-state index in [9.17, 15) is 13.2 Å². The maximum atomic E-state index is 13.6. The third kappa shape index (κ3) is 4.40. The summed E-state index contributed by atoms with van der Waals surface area (Å²) < 4.78 is 40.9. The molecule has 0 unspecified atom stereocenters. The molecule has 0 saturated heterocycles. The Labute approximate surface area is 179 Å². The van der Waals surface area contributed by atoms with Crippen molar-refractivity contribution in [2.45, 2.75) is 12.2 Å². The maximum absolute atomic E-state index is 13.6. The lowest BCUT2D eigenvalue weighted by Gasteiger charge is -2.12. The molecule has 3 N–H and O–H groups in total. The van der Waals surface area contributed by atoms with Gasteiger partial charge in [-0.2, -0.15) is 13.2 Å². The first-order valence-corrected chi connectivity index (χ1v) is 10.2. The van der Waals surface area contributed by atoms with Gasteiger partial charge in [-0.25, -0.2) is 4.98 Å². The number of pyridine rings is 1. The summed E-state index contributed by atoms with van der Waals surface area (Å²) in [6.07, 6.45) is -1.30. The molecule has 30 heavy (non-hydrogen) atoms. The third-order valence-corrected chi connectivity index (χ3v) is 5.88. The van der Waals surface area contributed by atoms with Gasteiger partial charge in [0.1, 0.15) is 0 Å². The SMILES string of the molecule is N[C@H](CNc1nc(C(F)(F)F)c(-c2ccc3cnccc3c2)s1)c1ccc(Cl)cc1. The molecule has 4 aromatic rings. The van der Waals surface area contributed by atoms with Crippen molar-refractivity contribution in [2.24, 2.45) is 5.73 Å². The van der Waals surface area contributed by atoms with Crippen LogP contribution in [0, 0.1) is 0 Å². The number of hydrogen-bond acceptors (Lipinski definition) is 5. The van der Waals surface area contributed by atoms with E-state index in [0.717, 1.165) is 27.7 Å². The van der Waals surface area contributed by atoms with Gasteiger partial charge in [0.05, 0.1) is 4.88 Å². The van der Waals surface area contributed by atoms with E-state index in [1.54, 1.807) is 60.9 Å². The van der Waals surface area contributed by atoms with E-state index in [-0.39, 0.29) is 16.6 Å². The summed E-state index contributed by atoms with van der Waals surface area (Å²) in [6.45, 7) is 0.231. The molecule has 2 heterocycles. The zero-order valence-corrected chi connectivity index (χ0v) is 17.0. The minimum atomic E-state index is -4.57. The fourth-order valence-electron chi connectivity index (χ4n) is 3.03. The van der Waals surface area contributed by atoms with E-state index >= 15 is 0 Å². The minimum Gasteiger partial charge on any atom is -0.360 e. The van der Waals surface area contributed by atoms with E-state index in [4.69, 9.17) is 17.3 Å². The Morgan fingerprint density at radius 1 is 1.07 bits per heavy atom. The van der Waals surface area contributed by atoms with E-state index in [0.29, 0.717) is 10.6 Å². The smallest absolute Gasteiger partial charge is 0.360 e. The van der Waals surface area contributed by atoms with Gasteiger partial charge in [0, 0.05) is 35.4 Å². The van der Waals surface area contributed by atoms with Crippen LogP contribution in [0.1, 0.15) is 17.3 Å². The van der Waals surface area contributed by atoms with Crippen molar-refractivity contribution in [1.82, 2.24) is 9.97 Å². The number of benzene rings is 2. The Kier molecular flexibility index (Phi) is 5.64. The molecule has 154 valence electrons. The largest absolute Gasteiger partial charge is 0.434 e. The number of nitrogens with one attached hydrogen (secondary N) is 1. The van der Waals surface area contributed by atoms with Crippen molar-refractivity contribution in [1.29, 1.82) is 0 Å². The van der Waals surface area contributed by atoms with Crippen LogP contribution in [0.15, 0.2) is 60.9 Å². The monoisotopic (exact) mass is 448 g/mol. The Balaban J connectivity index is 1.62. The van der Waals surface area contributed by atoms with E-state index in [1.807, 2.05) is 0 Å². The Morgan fingerprint density at radius 2 is 1.83 bits per heavy atom. The molecule has 0 radical (unpaired) electrons. The van der Waals surface area contributed by atoms with Crippen LogP contribution in [0.3, 0.4) is 0 Å². The number of nitrogens with two attached hydrogens (primary N) is 1. The average Bonchev–Trinajstić information content (AvgIpc) is 3.17. The van der Waals surface area contributed by atoms with Gasteiger partial charge in [0.2, 0.25) is 0 Å². The Hall–Kier alpha value is -2.68. The first-order chi connectivity index (χ1) is 14.3. The van der Waals surface area contributed by atoms with Crippen LogP contribution in [-0.4, -0.2) is 16.5 Å². The van der Waals surface area contributed by atoms with Gasteiger partial charge >= 0.3 is 6.18 Å². The van der Waals surface area contributed by atoms with Crippen LogP contribution in [0.25, 0.3) is 21.2 Å². The predicted octanol–water partition coefficient (Wildman–Crippen LogP) is 6.14. The quantitative estimate of drug-likeness (QED) is 0.385. The van der Waals surface area contributed by atoms with Gasteiger partial charge < -0.3 is 11.1 Å². The summed E-state index contributed by atoms with van der Waals surface area (Å²) in [7, 11) is 0. The zero-order chi connectivity index (χ0) is 21.3. The molecular weight excluding hydrogens is 433 g/mol. The fraction of sp³-hybridized carbons (Fsp3) is 0.143. The van der Waals surface area contributed by atoms with Crippen molar-refractivity contribution in [3.05, 3.63) is 77.2 Å². The lowest BCUT2D eigenvalue weighted by molar-refractivity contribution is -0.140. The summed E-state index contributed by atoms with van der Waals surface area (Å²) in [5, 5.41) is 5.35. The summed E-state index contributed by atoms with van der Waals surface area (Å²) >= 11 is 6.83. The number of aromatic nitrogens is 2. The number of halogens is 4. The van der Waals surface area contributed by atoms with E-state index in [1.165, 1.54) is 0 Å². The highest BCUT2D eigenvalue weighted by molar-refractivity contribution is 7.19. The van der Waals surface area contributed by atoms with Gasteiger partial charge in [0.15, 0.2) is 10.8 Å². The third-order valence-electron chi connectivity index (χ3n) is 4.57. The Bertz CT molecular complexity index is 1180. The molecule has 0 bridgehead atoms. The molecule has 0 aliphatic heterocycles. The molecule has 9 heteroatoms. The molecule has 4 nitrogen and oxygen atoms in total. The minimum absolute atomic E-state index is 0.0591. The highest BCUT2D eigenvalue weighted by atomic mass is 35.5. The summed E-state index contributed by atoms with van der Waals surface area (Å²) in [6, 6.07) is 13.5. The Morgan fingerprint density at radius 3 is 2.57 bits per heavy atom. The number of hydrogen-bond donors (Lipinski definition) is 2. The van der Waals surface area contributed by atoms with Crippen molar-refractivity contribution in [3.63, 3.8) is 0 Å². The topological polar surface area (TPSA) is 63.8 Å². The molecule has 0 amide bonds. The van der Waals surface area contributed by atoms with Gasteiger partial charge in [-0.15, -0.1) is 0 Å². The first kappa shape index (κ1) is 20.6. The number of fused-ring (bicyclic) bond motifs is 1. The zero-order valence-electron chi connectivity index (χ0n) is 15.4. The van der Waals surface area contributed by atoms with E-state index < -0.39 is 17.9 Å². The van der Waals surface area contributed by atoms with Crippen molar-refractivity contribution < 1.29 is 13.2 Å². The summed E-state index contributed by atoms with van der Waals surface area (Å²) in [5.74, 6) is 0. The van der Waals surface area contributed by atoms with Crippen LogP contribution >= 0.6 is 22.9 Å². The molecule has 2 aromatic heterocycles. The van der Waals surface area contributed by atoms with Crippen LogP contribution in [0.2, 0.25) is 5.02 Å². The van der Waals surface area contributed by atoms with Gasteiger partial charge in [-0.3, -0.25) is 4.98 Å². The van der Waals surface area contributed by atoms with Gasteiger partial charge in [0.25, 0.3) is 0 Å². The van der Waals surface area contributed by atoms with Gasteiger partial charge in [-0.05, 0) is 40.8 Å². The predicted molar refractivity (Wildman–Crippen MR) is 115 cm³/mol. The second-order valence-corrected chi connectivity index (χ2v) is 8.11. The number of anilines is 1. The number of nitrogens with zero attached hydrogens (tertiary/aromatic N) is 2. The molecular formula is C21H16ClF3N4S. The molecule has 0 spiro atoms. The van der Waals surface area contributed by atoms with Crippen LogP contribution in [-0.2, 0) is 6.18 Å². The number of alkyl halides is 3. The normalized spacial score (nSPS) is 12.8. The first-order valence-electron chi connectivity index (χ1n) is 8.98. The highest BCUT2D eigenvalue weighted by Gasteiger charge is 2.38. The maximum Gasteiger partial charge on any atom is 0.434 e. The fourth-order valence-corrected chi connectivity index (χ4v) is 4.15.